The average Bonchev–Trinajstić information content (AvgIpc) is 2.71. The zero-order valence-electron chi connectivity index (χ0n) is 9.42. The number of carbonyl (C=O) groups is 1. The summed E-state index contributed by atoms with van der Waals surface area (Å²) in [6.45, 7) is -1.19. The molecule has 1 unspecified atom stereocenters. The molecule has 9 heteroatoms. The summed E-state index contributed by atoms with van der Waals surface area (Å²) in [6.07, 6.45) is -3.97. The van der Waals surface area contributed by atoms with Crippen LogP contribution in [0.1, 0.15) is 12.2 Å². The molecule has 1 saturated heterocycles. The van der Waals surface area contributed by atoms with E-state index in [-0.39, 0.29) is 6.42 Å². The molecule has 2 rings (SSSR count). The van der Waals surface area contributed by atoms with Gasteiger partial charge < -0.3 is 4.90 Å². The molecule has 104 valence electrons. The second-order valence-corrected chi connectivity index (χ2v) is 4.16. The second-order valence-electron chi connectivity index (χ2n) is 4.16. The van der Waals surface area contributed by atoms with Gasteiger partial charge >= 0.3 is 12.1 Å². The number of halogens is 5. The van der Waals surface area contributed by atoms with Gasteiger partial charge in [0.2, 0.25) is 0 Å². The predicted molar refractivity (Wildman–Crippen MR) is 52.0 cm³/mol. The Bertz CT molecular complexity index is 489. The van der Waals surface area contributed by atoms with Crippen LogP contribution >= 0.6 is 0 Å². The van der Waals surface area contributed by atoms with E-state index in [1.165, 1.54) is 0 Å². The predicted octanol–water partition coefficient (Wildman–Crippen LogP) is 1.58. The average molecular weight is 281 g/mol. The Balaban J connectivity index is 2.17. The van der Waals surface area contributed by atoms with Crippen LogP contribution in [-0.4, -0.2) is 40.0 Å². The Morgan fingerprint density at radius 3 is 2.42 bits per heavy atom. The Hall–Kier alpha value is -1.80. The monoisotopic (exact) mass is 281 g/mol. The number of alkyl halides is 4. The van der Waals surface area contributed by atoms with Crippen LogP contribution in [0.3, 0.4) is 0 Å². The lowest BCUT2D eigenvalue weighted by Crippen LogP contribution is -2.41. The maximum Gasteiger partial charge on any atom is 0.471 e. The Kier molecular flexibility index (Phi) is 3.15. The number of hydrogen-bond acceptors (Lipinski definition) is 3. The Morgan fingerprint density at radius 2 is 1.89 bits per heavy atom. The third-order valence-corrected chi connectivity index (χ3v) is 2.77. The molecular weight excluding hydrogens is 273 g/mol. The van der Waals surface area contributed by atoms with Crippen molar-refractivity contribution in [2.75, 3.05) is 13.1 Å². The molecule has 1 aliphatic heterocycles. The molecule has 1 atom stereocenters. The summed E-state index contributed by atoms with van der Waals surface area (Å²) >= 11 is 0. The van der Waals surface area contributed by atoms with Gasteiger partial charge in [-0.1, -0.05) is 0 Å². The van der Waals surface area contributed by atoms with Crippen molar-refractivity contribution in [3.05, 3.63) is 24.0 Å². The fraction of sp³-hybridized carbons (Fsp3) is 0.500. The van der Waals surface area contributed by atoms with Crippen LogP contribution in [0.25, 0.3) is 0 Å². The molecule has 0 saturated carbocycles. The molecular formula is C10H8F5N3O. The van der Waals surface area contributed by atoms with E-state index in [0.29, 0.717) is 4.90 Å². The van der Waals surface area contributed by atoms with E-state index in [9.17, 15) is 26.7 Å². The topological polar surface area (TPSA) is 46.1 Å². The lowest BCUT2D eigenvalue weighted by Gasteiger charge is -2.20. The summed E-state index contributed by atoms with van der Waals surface area (Å²) in [5.41, 5.74) is -2.28. The van der Waals surface area contributed by atoms with Crippen LogP contribution in [0.4, 0.5) is 22.0 Å². The fourth-order valence-electron chi connectivity index (χ4n) is 1.85. The zero-order valence-corrected chi connectivity index (χ0v) is 9.42. The van der Waals surface area contributed by atoms with Gasteiger partial charge in [-0.05, 0) is 0 Å². The molecule has 0 aromatic carbocycles. The van der Waals surface area contributed by atoms with Gasteiger partial charge in [0.05, 0.1) is 18.9 Å². The van der Waals surface area contributed by atoms with Crippen LogP contribution in [0.15, 0.2) is 12.4 Å². The SMILES string of the molecule is O=C(N1CCC(F)(c2ncc(F)cn2)C1)C(F)(F)F. The molecule has 1 aliphatic rings. The van der Waals surface area contributed by atoms with E-state index in [4.69, 9.17) is 0 Å². The zero-order chi connectivity index (χ0) is 14.3. The van der Waals surface area contributed by atoms with Crippen molar-refractivity contribution in [2.24, 2.45) is 0 Å². The molecule has 2 heterocycles. The van der Waals surface area contributed by atoms with Crippen LogP contribution < -0.4 is 0 Å². The van der Waals surface area contributed by atoms with Gasteiger partial charge in [0, 0.05) is 13.0 Å². The highest BCUT2D eigenvalue weighted by Gasteiger charge is 2.50. The van der Waals surface area contributed by atoms with Crippen molar-refractivity contribution >= 4 is 5.91 Å². The third kappa shape index (κ3) is 2.64. The number of carbonyl (C=O) groups excluding carboxylic acids is 1. The number of hydrogen-bond donors (Lipinski definition) is 0. The van der Waals surface area contributed by atoms with Crippen molar-refractivity contribution in [1.82, 2.24) is 14.9 Å². The Labute approximate surface area is 104 Å². The van der Waals surface area contributed by atoms with E-state index < -0.39 is 42.5 Å². The van der Waals surface area contributed by atoms with Crippen molar-refractivity contribution in [3.63, 3.8) is 0 Å². The van der Waals surface area contributed by atoms with Crippen LogP contribution in [-0.2, 0) is 10.5 Å². The molecule has 0 N–H and O–H groups in total. The highest BCUT2D eigenvalue weighted by atomic mass is 19.4. The standard InChI is InChI=1S/C10H8F5N3O/c11-6-3-16-7(17-4-6)9(12)1-2-18(5-9)8(19)10(13,14)15/h3-4H,1-2,5H2. The quantitative estimate of drug-likeness (QED) is 0.734. The lowest BCUT2D eigenvalue weighted by atomic mass is 10.1. The van der Waals surface area contributed by atoms with Gasteiger partial charge in [0.25, 0.3) is 0 Å². The van der Waals surface area contributed by atoms with Crippen LogP contribution in [0.5, 0.6) is 0 Å². The van der Waals surface area contributed by atoms with E-state index in [0.717, 1.165) is 12.4 Å². The summed E-state index contributed by atoms with van der Waals surface area (Å²) in [4.78, 5) is 18.1. The first-order valence-electron chi connectivity index (χ1n) is 5.25. The van der Waals surface area contributed by atoms with Gasteiger partial charge in [-0.15, -0.1) is 0 Å². The Morgan fingerprint density at radius 1 is 1.32 bits per heavy atom. The minimum atomic E-state index is -5.05. The molecule has 1 aromatic heterocycles. The van der Waals surface area contributed by atoms with Crippen molar-refractivity contribution in [2.45, 2.75) is 18.3 Å². The second kappa shape index (κ2) is 4.39. The highest BCUT2D eigenvalue weighted by Crippen LogP contribution is 2.35. The lowest BCUT2D eigenvalue weighted by molar-refractivity contribution is -0.184. The number of rotatable bonds is 1. The summed E-state index contributed by atoms with van der Waals surface area (Å²) in [5.74, 6) is -3.31. The molecule has 1 fully saturated rings. The van der Waals surface area contributed by atoms with E-state index >= 15 is 0 Å². The van der Waals surface area contributed by atoms with Gasteiger partial charge in [-0.25, -0.2) is 18.7 Å². The molecule has 1 aromatic rings. The van der Waals surface area contributed by atoms with Crippen molar-refractivity contribution in [3.8, 4) is 0 Å². The summed E-state index contributed by atoms with van der Waals surface area (Å²) in [6, 6.07) is 0. The molecule has 0 spiro atoms. The minimum absolute atomic E-state index is 0.354. The largest absolute Gasteiger partial charge is 0.471 e. The van der Waals surface area contributed by atoms with Gasteiger partial charge in [-0.2, -0.15) is 13.2 Å². The van der Waals surface area contributed by atoms with Gasteiger partial charge in [-0.3, -0.25) is 4.79 Å². The van der Waals surface area contributed by atoms with Gasteiger partial charge in [0.15, 0.2) is 17.3 Å². The first-order valence-corrected chi connectivity index (χ1v) is 5.25. The number of likely N-dealkylation sites (tertiary alicyclic amines) is 1. The van der Waals surface area contributed by atoms with Crippen molar-refractivity contribution in [1.29, 1.82) is 0 Å². The maximum atomic E-state index is 14.4. The smallest absolute Gasteiger partial charge is 0.331 e. The summed E-state index contributed by atoms with van der Waals surface area (Å²) < 4.78 is 63.6. The minimum Gasteiger partial charge on any atom is -0.331 e. The molecule has 19 heavy (non-hydrogen) atoms. The molecule has 1 amide bonds. The van der Waals surface area contributed by atoms with Crippen molar-refractivity contribution < 1.29 is 26.7 Å². The van der Waals surface area contributed by atoms with E-state index in [1.807, 2.05) is 0 Å². The maximum absolute atomic E-state index is 14.4. The van der Waals surface area contributed by atoms with E-state index in [2.05, 4.69) is 9.97 Å². The van der Waals surface area contributed by atoms with Gasteiger partial charge in [0.1, 0.15) is 0 Å². The first-order chi connectivity index (χ1) is 8.72. The van der Waals surface area contributed by atoms with Crippen LogP contribution in [0.2, 0.25) is 0 Å². The number of aromatic nitrogens is 2. The van der Waals surface area contributed by atoms with E-state index in [1.54, 1.807) is 0 Å². The molecule has 0 bridgehead atoms. The molecule has 4 nitrogen and oxygen atoms in total. The molecule has 0 aliphatic carbocycles. The number of nitrogens with zero attached hydrogens (tertiary/aromatic N) is 3. The number of amides is 1. The highest BCUT2D eigenvalue weighted by molar-refractivity contribution is 5.82. The fourth-order valence-corrected chi connectivity index (χ4v) is 1.85. The van der Waals surface area contributed by atoms with Crippen LogP contribution in [0, 0.1) is 5.82 Å². The first kappa shape index (κ1) is 13.6. The summed E-state index contributed by atoms with van der Waals surface area (Å²) in [5, 5.41) is 0. The summed E-state index contributed by atoms with van der Waals surface area (Å²) in [7, 11) is 0. The normalized spacial score (nSPS) is 23.7. The molecule has 0 radical (unpaired) electrons. The third-order valence-electron chi connectivity index (χ3n) is 2.77.